The Bertz CT molecular complexity index is 1100. The van der Waals surface area contributed by atoms with Gasteiger partial charge in [-0.15, -0.1) is 12.4 Å². The highest BCUT2D eigenvalue weighted by atomic mass is 35.5. The lowest BCUT2D eigenvalue weighted by Crippen LogP contribution is -2.73. The number of likely N-dealkylation sites (tertiary alicyclic amines) is 1. The second-order valence-electron chi connectivity index (χ2n) is 11.8. The van der Waals surface area contributed by atoms with Gasteiger partial charge in [0.1, 0.15) is 23.1 Å². The number of amides is 2. The highest BCUT2D eigenvalue weighted by Gasteiger charge is 2.53. The minimum absolute atomic E-state index is 0. The number of piperidine rings is 1. The van der Waals surface area contributed by atoms with Gasteiger partial charge in [0.05, 0.1) is 0 Å². The average Bonchev–Trinajstić information content (AvgIpc) is 2.97. The first-order valence-electron chi connectivity index (χ1n) is 15.2. The third-order valence-electron chi connectivity index (χ3n) is 9.12. The molecule has 2 heterocycles. The number of nitrogens with one attached hydrogen (secondary N) is 1. The summed E-state index contributed by atoms with van der Waals surface area (Å²) >= 11 is 0. The van der Waals surface area contributed by atoms with Crippen LogP contribution in [0.1, 0.15) is 76.7 Å². The summed E-state index contributed by atoms with van der Waals surface area (Å²) in [5.41, 5.74) is 0.555. The Kier molecular flexibility index (Phi) is 10.9. The van der Waals surface area contributed by atoms with E-state index in [4.69, 9.17) is 4.74 Å². The number of carbonyl (C=O) groups is 2. The molecular formula is C33H46ClN3O3. The molecule has 1 spiro atoms. The number of piperazine rings is 1. The second-order valence-corrected chi connectivity index (χ2v) is 11.8. The quantitative estimate of drug-likeness (QED) is 0.362. The van der Waals surface area contributed by atoms with Crippen LogP contribution in [0.5, 0.6) is 11.5 Å². The van der Waals surface area contributed by atoms with Gasteiger partial charge in [0.2, 0.25) is 11.8 Å². The van der Waals surface area contributed by atoms with E-state index in [9.17, 15) is 9.59 Å². The fourth-order valence-electron chi connectivity index (χ4n) is 6.75. The zero-order chi connectivity index (χ0) is 27.1. The van der Waals surface area contributed by atoms with E-state index < -0.39 is 5.54 Å². The van der Waals surface area contributed by atoms with E-state index in [-0.39, 0.29) is 30.3 Å². The zero-order valence-corrected chi connectivity index (χ0v) is 24.8. The fraction of sp³-hybridized carbons (Fsp3) is 0.576. The zero-order valence-electron chi connectivity index (χ0n) is 24.0. The second kappa shape index (κ2) is 14.4. The number of rotatable bonds is 10. The predicted molar refractivity (Wildman–Crippen MR) is 162 cm³/mol. The lowest BCUT2D eigenvalue weighted by atomic mass is 9.79. The van der Waals surface area contributed by atoms with Gasteiger partial charge in [-0.05, 0) is 67.9 Å². The van der Waals surface area contributed by atoms with Crippen molar-refractivity contribution in [1.29, 1.82) is 0 Å². The number of hydrogen-bond donors (Lipinski definition) is 1. The molecule has 3 aliphatic rings. The van der Waals surface area contributed by atoms with Gasteiger partial charge in [-0.1, -0.05) is 75.8 Å². The van der Waals surface area contributed by atoms with E-state index >= 15 is 0 Å². The van der Waals surface area contributed by atoms with Crippen molar-refractivity contribution >= 4 is 24.2 Å². The number of benzene rings is 2. The Labute approximate surface area is 246 Å². The molecule has 1 atom stereocenters. The van der Waals surface area contributed by atoms with Crippen LogP contribution in [0.15, 0.2) is 54.6 Å². The predicted octanol–water partition coefficient (Wildman–Crippen LogP) is 6.38. The van der Waals surface area contributed by atoms with Crippen molar-refractivity contribution in [3.05, 3.63) is 60.2 Å². The number of halogens is 1. The highest BCUT2D eigenvalue weighted by Crippen LogP contribution is 2.36. The molecule has 218 valence electrons. The summed E-state index contributed by atoms with van der Waals surface area (Å²) in [6.07, 6.45) is 11.3. The summed E-state index contributed by atoms with van der Waals surface area (Å²) < 4.78 is 6.01. The molecule has 2 amide bonds. The van der Waals surface area contributed by atoms with Crippen molar-refractivity contribution in [3.8, 4) is 11.5 Å². The normalized spacial score (nSPS) is 21.6. The van der Waals surface area contributed by atoms with E-state index in [1.807, 2.05) is 47.4 Å². The molecule has 0 unspecified atom stereocenters. The van der Waals surface area contributed by atoms with Crippen LogP contribution in [0.3, 0.4) is 0 Å². The summed E-state index contributed by atoms with van der Waals surface area (Å²) in [4.78, 5) is 31.9. The molecule has 6 nitrogen and oxygen atoms in total. The standard InChI is InChI=1S/C33H45N3O3.ClH/c1-2-3-20-36-31(37)30(25-26-11-6-4-7-12-26)34-32(38)33(36)18-22-35(23-19-33)21-17-27-13-10-16-29(24-27)39-28-14-8-5-9-15-28;/h5,8-10,13-16,24,26,30H,2-4,6-7,11-12,17-23,25H2,1H3,(H,34,38);1H/t30-;/m0./s1. The fourth-order valence-corrected chi connectivity index (χ4v) is 6.75. The third kappa shape index (κ3) is 7.19. The van der Waals surface area contributed by atoms with Crippen LogP contribution in [0.2, 0.25) is 0 Å². The molecule has 1 aliphatic carbocycles. The molecule has 2 aromatic carbocycles. The van der Waals surface area contributed by atoms with Crippen LogP contribution in [0.25, 0.3) is 0 Å². The van der Waals surface area contributed by atoms with Crippen LogP contribution in [-0.2, 0) is 16.0 Å². The molecule has 5 rings (SSSR count). The monoisotopic (exact) mass is 567 g/mol. The number of hydrogen-bond acceptors (Lipinski definition) is 4. The lowest BCUT2D eigenvalue weighted by Gasteiger charge is -2.52. The van der Waals surface area contributed by atoms with Gasteiger partial charge in [-0.25, -0.2) is 0 Å². The van der Waals surface area contributed by atoms with Crippen LogP contribution >= 0.6 is 12.4 Å². The average molecular weight is 568 g/mol. The van der Waals surface area contributed by atoms with Gasteiger partial charge >= 0.3 is 0 Å². The van der Waals surface area contributed by atoms with E-state index in [1.165, 1.54) is 37.7 Å². The largest absolute Gasteiger partial charge is 0.457 e. The molecule has 40 heavy (non-hydrogen) atoms. The SMILES string of the molecule is CCCCN1C(=O)[C@H](CC2CCCCC2)NC(=O)C12CCN(CCc1cccc(Oc3ccccc3)c1)CC2.Cl. The van der Waals surface area contributed by atoms with Gasteiger partial charge in [-0.2, -0.15) is 0 Å². The van der Waals surface area contributed by atoms with Crippen molar-refractivity contribution in [1.82, 2.24) is 15.1 Å². The summed E-state index contributed by atoms with van der Waals surface area (Å²) in [5, 5.41) is 3.22. The van der Waals surface area contributed by atoms with Crippen LogP contribution in [0.4, 0.5) is 0 Å². The van der Waals surface area contributed by atoms with Crippen molar-refractivity contribution in [2.45, 2.75) is 89.1 Å². The van der Waals surface area contributed by atoms with Crippen molar-refractivity contribution in [2.75, 3.05) is 26.2 Å². The number of carbonyl (C=O) groups excluding carboxylic acids is 2. The summed E-state index contributed by atoms with van der Waals surface area (Å²) in [6.45, 7) is 5.44. The molecule has 7 heteroatoms. The van der Waals surface area contributed by atoms with Crippen molar-refractivity contribution in [3.63, 3.8) is 0 Å². The van der Waals surface area contributed by atoms with Gasteiger partial charge in [0.25, 0.3) is 0 Å². The maximum atomic E-state index is 13.8. The number of ether oxygens (including phenoxy) is 1. The molecule has 0 radical (unpaired) electrons. The van der Waals surface area contributed by atoms with E-state index in [0.717, 1.165) is 56.8 Å². The minimum atomic E-state index is -0.685. The maximum Gasteiger partial charge on any atom is 0.246 e. The van der Waals surface area contributed by atoms with Crippen LogP contribution < -0.4 is 10.1 Å². The Balaban J connectivity index is 0.00000370. The van der Waals surface area contributed by atoms with Gasteiger partial charge in [-0.3, -0.25) is 9.59 Å². The number of para-hydroxylation sites is 1. The smallest absolute Gasteiger partial charge is 0.246 e. The Hall–Kier alpha value is -2.57. The third-order valence-corrected chi connectivity index (χ3v) is 9.12. The first-order chi connectivity index (χ1) is 19.1. The molecule has 2 saturated heterocycles. The molecule has 2 aromatic rings. The maximum absolute atomic E-state index is 13.8. The van der Waals surface area contributed by atoms with E-state index in [0.29, 0.717) is 25.3 Å². The van der Waals surface area contributed by atoms with Crippen molar-refractivity contribution in [2.24, 2.45) is 5.92 Å². The Morgan fingerprint density at radius 3 is 2.38 bits per heavy atom. The van der Waals surface area contributed by atoms with Gasteiger partial charge < -0.3 is 19.9 Å². The van der Waals surface area contributed by atoms with E-state index in [1.54, 1.807) is 0 Å². The van der Waals surface area contributed by atoms with Crippen LogP contribution in [0, 0.1) is 5.92 Å². The molecule has 3 fully saturated rings. The Morgan fingerprint density at radius 1 is 0.925 bits per heavy atom. The summed E-state index contributed by atoms with van der Waals surface area (Å²) in [6, 6.07) is 17.8. The molecule has 0 aromatic heterocycles. The first-order valence-corrected chi connectivity index (χ1v) is 15.2. The van der Waals surface area contributed by atoms with Gasteiger partial charge in [0, 0.05) is 26.2 Å². The van der Waals surface area contributed by atoms with Gasteiger partial charge in [0.15, 0.2) is 0 Å². The summed E-state index contributed by atoms with van der Waals surface area (Å²) in [5.74, 6) is 2.50. The molecule has 1 N–H and O–H groups in total. The van der Waals surface area contributed by atoms with Crippen LogP contribution in [-0.4, -0.2) is 59.4 Å². The van der Waals surface area contributed by atoms with Crippen molar-refractivity contribution < 1.29 is 14.3 Å². The first kappa shape index (κ1) is 30.4. The molecule has 1 saturated carbocycles. The topological polar surface area (TPSA) is 61.9 Å². The summed E-state index contributed by atoms with van der Waals surface area (Å²) in [7, 11) is 0. The molecular weight excluding hydrogens is 522 g/mol. The number of nitrogens with zero attached hydrogens (tertiary/aromatic N) is 2. The lowest BCUT2D eigenvalue weighted by molar-refractivity contribution is -0.161. The number of unbranched alkanes of at least 4 members (excludes halogenated alkanes) is 1. The minimum Gasteiger partial charge on any atom is -0.457 e. The Morgan fingerprint density at radius 2 is 1.65 bits per heavy atom. The van der Waals surface area contributed by atoms with E-state index in [2.05, 4.69) is 29.3 Å². The molecule has 0 bridgehead atoms. The highest BCUT2D eigenvalue weighted by molar-refractivity contribution is 6.00. The molecule has 2 aliphatic heterocycles.